The Morgan fingerprint density at radius 3 is 2.42 bits per heavy atom. The van der Waals surface area contributed by atoms with Gasteiger partial charge in [-0.2, -0.15) is 0 Å². The Balaban J connectivity index is 0.000000297. The summed E-state index contributed by atoms with van der Waals surface area (Å²) in [6.45, 7) is 13.0. The molecule has 3 aliphatic carbocycles. The number of carbonyl (C=O) groups excluding carboxylic acids is 1. The molecule has 0 saturated heterocycles. The number of fused-ring (bicyclic) bond motifs is 1. The molecule has 1 heteroatoms. The van der Waals surface area contributed by atoms with Gasteiger partial charge < -0.3 is 4.79 Å². The van der Waals surface area contributed by atoms with Crippen molar-refractivity contribution < 1.29 is 4.79 Å². The van der Waals surface area contributed by atoms with Crippen LogP contribution in [0.5, 0.6) is 0 Å². The van der Waals surface area contributed by atoms with Crippen LogP contribution in [-0.4, -0.2) is 5.78 Å². The molecule has 0 aromatic carbocycles. The highest BCUT2D eigenvalue weighted by Crippen LogP contribution is 2.71. The minimum absolute atomic E-state index is 0.167. The van der Waals surface area contributed by atoms with Crippen LogP contribution in [0, 0.1) is 28.6 Å². The monoisotopic (exact) mass is 262 g/mol. The number of rotatable bonds is 0. The van der Waals surface area contributed by atoms with E-state index < -0.39 is 0 Å². The second-order valence-corrected chi connectivity index (χ2v) is 7.90. The number of Topliss-reactive ketones (excluding diaryl/α,β-unsaturated/α-hetero) is 1. The molecule has 4 unspecified atom stereocenters. The summed E-state index contributed by atoms with van der Waals surface area (Å²) in [5, 5.41) is 0. The topological polar surface area (TPSA) is 17.1 Å². The molecule has 0 aromatic rings. The average molecular weight is 262 g/mol. The average Bonchev–Trinajstić information content (AvgIpc) is 2.68. The molecule has 2 bridgehead atoms. The zero-order valence-corrected chi connectivity index (χ0v) is 13.5. The Bertz CT molecular complexity index is 400. The van der Waals surface area contributed by atoms with Crippen LogP contribution in [0.15, 0.2) is 11.6 Å². The van der Waals surface area contributed by atoms with Gasteiger partial charge in [0.15, 0.2) is 0 Å². The van der Waals surface area contributed by atoms with Gasteiger partial charge in [0.1, 0.15) is 5.78 Å². The summed E-state index contributed by atoms with van der Waals surface area (Å²) in [5.41, 5.74) is 2.96. The van der Waals surface area contributed by atoms with Crippen LogP contribution in [0.3, 0.4) is 0 Å². The van der Waals surface area contributed by atoms with Crippen LogP contribution in [0.2, 0.25) is 0 Å². The lowest BCUT2D eigenvalue weighted by molar-refractivity contribution is -0.114. The summed E-state index contributed by atoms with van der Waals surface area (Å²) in [5.74, 6) is 3.02. The van der Waals surface area contributed by atoms with E-state index in [0.29, 0.717) is 10.8 Å². The molecule has 0 radical (unpaired) electrons. The van der Waals surface area contributed by atoms with Gasteiger partial charge in [-0.25, -0.2) is 0 Å². The second-order valence-electron chi connectivity index (χ2n) is 7.90. The summed E-state index contributed by atoms with van der Waals surface area (Å²) < 4.78 is 0. The maximum absolute atomic E-state index is 9.44. The number of hydrogen-bond donors (Lipinski definition) is 0. The molecule has 0 aliphatic heterocycles. The fourth-order valence-electron chi connectivity index (χ4n) is 5.35. The zero-order chi connectivity index (χ0) is 14.4. The summed E-state index contributed by atoms with van der Waals surface area (Å²) in [6.07, 6.45) is 8.41. The predicted molar refractivity (Wildman–Crippen MR) is 80.9 cm³/mol. The van der Waals surface area contributed by atoms with Gasteiger partial charge in [-0.3, -0.25) is 0 Å². The molecule has 0 N–H and O–H groups in total. The molecule has 0 aromatic heterocycles. The summed E-state index contributed by atoms with van der Waals surface area (Å²) in [4.78, 5) is 9.44. The third kappa shape index (κ3) is 2.19. The van der Waals surface area contributed by atoms with E-state index in [0.717, 1.165) is 17.8 Å². The number of hydrogen-bond acceptors (Lipinski definition) is 1. The fraction of sp³-hybridized carbons (Fsp3) is 0.833. The minimum Gasteiger partial charge on any atom is -0.300 e. The predicted octanol–water partition coefficient (Wildman–Crippen LogP) is 5.01. The number of ketones is 1. The molecule has 2 saturated carbocycles. The van der Waals surface area contributed by atoms with Gasteiger partial charge in [0.05, 0.1) is 0 Å². The quantitative estimate of drug-likeness (QED) is 0.561. The second kappa shape index (κ2) is 4.75. The van der Waals surface area contributed by atoms with E-state index in [9.17, 15) is 4.79 Å². The van der Waals surface area contributed by atoms with Crippen LogP contribution in [-0.2, 0) is 4.79 Å². The van der Waals surface area contributed by atoms with Crippen LogP contribution >= 0.6 is 0 Å². The molecule has 0 amide bonds. The van der Waals surface area contributed by atoms with E-state index in [-0.39, 0.29) is 5.78 Å². The van der Waals surface area contributed by atoms with Crippen molar-refractivity contribution in [3.63, 3.8) is 0 Å². The van der Waals surface area contributed by atoms with Crippen LogP contribution in [0.4, 0.5) is 0 Å². The van der Waals surface area contributed by atoms with Crippen molar-refractivity contribution >= 4 is 5.78 Å². The molecule has 3 rings (SSSR count). The molecular weight excluding hydrogens is 232 g/mol. The van der Waals surface area contributed by atoms with Gasteiger partial charge in [-0.05, 0) is 75.0 Å². The van der Waals surface area contributed by atoms with Crippen molar-refractivity contribution in [2.75, 3.05) is 0 Å². The lowest BCUT2D eigenvalue weighted by atomic mass is 9.68. The van der Waals surface area contributed by atoms with Gasteiger partial charge in [0, 0.05) is 0 Å². The Morgan fingerprint density at radius 2 is 1.84 bits per heavy atom. The largest absolute Gasteiger partial charge is 0.300 e. The van der Waals surface area contributed by atoms with Gasteiger partial charge in [-0.1, -0.05) is 32.4 Å². The highest BCUT2D eigenvalue weighted by Gasteiger charge is 2.62. The Kier molecular flexibility index (Phi) is 3.70. The Labute approximate surface area is 118 Å². The zero-order valence-electron chi connectivity index (χ0n) is 13.5. The minimum atomic E-state index is 0.167. The number of carbonyl (C=O) groups is 1. The van der Waals surface area contributed by atoms with E-state index in [2.05, 4.69) is 33.8 Å². The van der Waals surface area contributed by atoms with Gasteiger partial charge in [0.25, 0.3) is 0 Å². The first-order valence-corrected chi connectivity index (χ1v) is 7.85. The molecule has 19 heavy (non-hydrogen) atoms. The molecular formula is C18H30O. The third-order valence-corrected chi connectivity index (χ3v) is 6.30. The van der Waals surface area contributed by atoms with Crippen molar-refractivity contribution in [2.45, 2.75) is 67.2 Å². The Hall–Kier alpha value is -0.590. The molecule has 1 spiro atoms. The van der Waals surface area contributed by atoms with Crippen molar-refractivity contribution in [1.82, 2.24) is 0 Å². The third-order valence-electron chi connectivity index (χ3n) is 6.30. The first-order chi connectivity index (χ1) is 8.71. The Morgan fingerprint density at radius 1 is 1.26 bits per heavy atom. The highest BCUT2D eigenvalue weighted by atomic mass is 16.1. The van der Waals surface area contributed by atoms with E-state index in [4.69, 9.17) is 0 Å². The van der Waals surface area contributed by atoms with Crippen molar-refractivity contribution in [3.8, 4) is 0 Å². The first-order valence-electron chi connectivity index (χ1n) is 7.85. The smallest absolute Gasteiger partial charge is 0.126 e. The first kappa shape index (κ1) is 14.8. The van der Waals surface area contributed by atoms with Crippen LogP contribution < -0.4 is 0 Å². The summed E-state index contributed by atoms with van der Waals surface area (Å²) in [6, 6.07) is 0. The van der Waals surface area contributed by atoms with Crippen molar-refractivity contribution in [3.05, 3.63) is 11.6 Å². The molecule has 0 heterocycles. The van der Waals surface area contributed by atoms with E-state index >= 15 is 0 Å². The lowest BCUT2D eigenvalue weighted by Crippen LogP contribution is -2.30. The molecule has 108 valence electrons. The van der Waals surface area contributed by atoms with Crippen molar-refractivity contribution in [2.24, 2.45) is 28.6 Å². The lowest BCUT2D eigenvalue weighted by Gasteiger charge is -2.36. The highest BCUT2D eigenvalue weighted by molar-refractivity contribution is 5.72. The van der Waals surface area contributed by atoms with Crippen molar-refractivity contribution in [1.29, 1.82) is 0 Å². The maximum atomic E-state index is 9.44. The van der Waals surface area contributed by atoms with E-state index in [1.807, 2.05) is 0 Å². The standard InChI is InChI=1S/C15H24.C3H6O/c1-10-7-8-15-9-12(10)14(3,4)13(15)6-5-11(15)2;1-3(2)4/h7,11-13H,5-6,8-9H2,1-4H3;1-2H3. The van der Waals surface area contributed by atoms with E-state index in [1.165, 1.54) is 39.5 Å². The van der Waals surface area contributed by atoms with E-state index in [1.54, 1.807) is 5.57 Å². The molecule has 2 fully saturated rings. The summed E-state index contributed by atoms with van der Waals surface area (Å²) in [7, 11) is 0. The molecule has 1 nitrogen and oxygen atoms in total. The SMILES string of the molecule is CC(C)=O.CC1=CCC23CC1C(C)(C)C2CCC3C. The number of allylic oxidation sites excluding steroid dienone is 2. The maximum Gasteiger partial charge on any atom is 0.126 e. The molecule has 4 atom stereocenters. The van der Waals surface area contributed by atoms with Gasteiger partial charge in [-0.15, -0.1) is 0 Å². The van der Waals surface area contributed by atoms with Gasteiger partial charge in [0.2, 0.25) is 0 Å². The summed E-state index contributed by atoms with van der Waals surface area (Å²) >= 11 is 0. The molecule has 3 aliphatic rings. The fourth-order valence-corrected chi connectivity index (χ4v) is 5.35. The van der Waals surface area contributed by atoms with Gasteiger partial charge >= 0.3 is 0 Å². The van der Waals surface area contributed by atoms with Crippen LogP contribution in [0.25, 0.3) is 0 Å². The van der Waals surface area contributed by atoms with Crippen LogP contribution in [0.1, 0.15) is 67.2 Å². The normalized spacial score (nSPS) is 42.0.